The highest BCUT2D eigenvalue weighted by Crippen LogP contribution is 2.25. The molecule has 3 N–H and O–H groups in total. The number of rotatable bonds is 5. The summed E-state index contributed by atoms with van der Waals surface area (Å²) in [6.45, 7) is 2.11. The van der Waals surface area contributed by atoms with Gasteiger partial charge in [-0.2, -0.15) is 5.10 Å². The van der Waals surface area contributed by atoms with Gasteiger partial charge in [0.25, 0.3) is 0 Å². The largest absolute Gasteiger partial charge is 0.272 e. The molecule has 0 amide bonds. The van der Waals surface area contributed by atoms with Crippen molar-refractivity contribution in [3.8, 4) is 0 Å². The van der Waals surface area contributed by atoms with Crippen LogP contribution in [0, 0.1) is 0 Å². The van der Waals surface area contributed by atoms with Crippen LogP contribution in [0.1, 0.15) is 29.9 Å². The molecular weight excluding hydrogens is 304 g/mol. The maximum atomic E-state index is 5.71. The van der Waals surface area contributed by atoms with Gasteiger partial charge in [-0.05, 0) is 24.1 Å². The van der Waals surface area contributed by atoms with E-state index in [2.05, 4.69) is 45.5 Å². The lowest BCUT2D eigenvalue weighted by Crippen LogP contribution is -2.30. The highest BCUT2D eigenvalue weighted by molar-refractivity contribution is 9.10. The maximum absolute atomic E-state index is 5.71. The van der Waals surface area contributed by atoms with Crippen molar-refractivity contribution in [3.63, 3.8) is 0 Å². The van der Waals surface area contributed by atoms with Gasteiger partial charge >= 0.3 is 0 Å². The Morgan fingerprint density at radius 1 is 1.42 bits per heavy atom. The highest BCUT2D eigenvalue weighted by Gasteiger charge is 2.15. The smallest absolute Gasteiger partial charge is 0.0624 e. The molecular formula is C14H19BrN4. The molecule has 0 spiro atoms. The van der Waals surface area contributed by atoms with E-state index in [1.54, 1.807) is 0 Å². The fourth-order valence-corrected chi connectivity index (χ4v) is 2.72. The lowest BCUT2D eigenvalue weighted by molar-refractivity contribution is 0.528. The Labute approximate surface area is 122 Å². The fraction of sp³-hybridized carbons (Fsp3) is 0.357. The van der Waals surface area contributed by atoms with Crippen LogP contribution in [0.2, 0.25) is 0 Å². The van der Waals surface area contributed by atoms with Crippen molar-refractivity contribution < 1.29 is 0 Å². The van der Waals surface area contributed by atoms with Crippen molar-refractivity contribution in [2.45, 2.75) is 25.8 Å². The monoisotopic (exact) mass is 322 g/mol. The van der Waals surface area contributed by atoms with Gasteiger partial charge in [0.1, 0.15) is 0 Å². The first kappa shape index (κ1) is 14.2. The predicted octanol–water partition coefficient (Wildman–Crippen LogP) is 2.49. The summed E-state index contributed by atoms with van der Waals surface area (Å²) in [5.41, 5.74) is 6.34. The molecule has 2 rings (SSSR count). The Balaban J connectivity index is 2.24. The molecule has 0 saturated heterocycles. The van der Waals surface area contributed by atoms with Gasteiger partial charge in [-0.25, -0.2) is 0 Å². The number of benzene rings is 1. The second-order valence-corrected chi connectivity index (χ2v) is 5.40. The Morgan fingerprint density at radius 3 is 2.74 bits per heavy atom. The van der Waals surface area contributed by atoms with Gasteiger partial charge < -0.3 is 0 Å². The summed E-state index contributed by atoms with van der Waals surface area (Å²) in [7, 11) is 1.97. The lowest BCUT2D eigenvalue weighted by Gasteiger charge is -2.17. The van der Waals surface area contributed by atoms with Crippen LogP contribution in [0.5, 0.6) is 0 Å². The van der Waals surface area contributed by atoms with Gasteiger partial charge in [0.2, 0.25) is 0 Å². The molecule has 102 valence electrons. The van der Waals surface area contributed by atoms with E-state index in [1.165, 1.54) is 5.69 Å². The van der Waals surface area contributed by atoms with E-state index in [-0.39, 0.29) is 6.04 Å². The van der Waals surface area contributed by atoms with Crippen LogP contribution in [0.3, 0.4) is 0 Å². The molecule has 4 nitrogen and oxygen atoms in total. The molecule has 0 aliphatic carbocycles. The Bertz CT molecular complexity index is 550. The van der Waals surface area contributed by atoms with Crippen LogP contribution in [0.25, 0.3) is 0 Å². The molecule has 1 aromatic carbocycles. The summed E-state index contributed by atoms with van der Waals surface area (Å²) in [5, 5.41) is 4.47. The van der Waals surface area contributed by atoms with Gasteiger partial charge in [-0.3, -0.25) is 16.0 Å². The van der Waals surface area contributed by atoms with Crippen molar-refractivity contribution in [3.05, 3.63) is 51.8 Å². The van der Waals surface area contributed by atoms with Gasteiger partial charge in [0.05, 0.1) is 11.7 Å². The molecule has 0 radical (unpaired) electrons. The number of halogens is 1. The van der Waals surface area contributed by atoms with E-state index in [4.69, 9.17) is 5.84 Å². The highest BCUT2D eigenvalue weighted by atomic mass is 79.9. The number of nitrogens with zero attached hydrogens (tertiary/aromatic N) is 2. The molecule has 0 bridgehead atoms. The van der Waals surface area contributed by atoms with Crippen molar-refractivity contribution in [2.24, 2.45) is 12.9 Å². The van der Waals surface area contributed by atoms with E-state index < -0.39 is 0 Å². The predicted molar refractivity (Wildman–Crippen MR) is 80.5 cm³/mol. The minimum atomic E-state index is 0.0654. The van der Waals surface area contributed by atoms with Gasteiger partial charge in [-0.15, -0.1) is 0 Å². The normalized spacial score (nSPS) is 12.6. The molecule has 0 saturated carbocycles. The molecule has 1 heterocycles. The first-order valence-electron chi connectivity index (χ1n) is 6.38. The first-order valence-corrected chi connectivity index (χ1v) is 7.17. The molecule has 1 unspecified atom stereocenters. The summed E-state index contributed by atoms with van der Waals surface area (Å²) >= 11 is 3.57. The Hall–Kier alpha value is -1.17. The summed E-state index contributed by atoms with van der Waals surface area (Å²) in [6, 6.07) is 10.3. The van der Waals surface area contributed by atoms with Crippen LogP contribution in [0.4, 0.5) is 0 Å². The van der Waals surface area contributed by atoms with E-state index in [0.29, 0.717) is 0 Å². The minimum absolute atomic E-state index is 0.0654. The van der Waals surface area contributed by atoms with E-state index in [9.17, 15) is 0 Å². The second-order valence-electron chi connectivity index (χ2n) is 4.55. The SMILES string of the molecule is CCc1cc(CC(NN)c2ccccc2Br)n(C)n1. The van der Waals surface area contributed by atoms with Crippen molar-refractivity contribution in [1.82, 2.24) is 15.2 Å². The first-order chi connectivity index (χ1) is 9.15. The average Bonchev–Trinajstić information content (AvgIpc) is 2.77. The molecule has 2 aromatic rings. The van der Waals surface area contributed by atoms with Crippen molar-refractivity contribution in [2.75, 3.05) is 0 Å². The van der Waals surface area contributed by atoms with Crippen molar-refractivity contribution >= 4 is 15.9 Å². The lowest BCUT2D eigenvalue weighted by atomic mass is 10.0. The molecule has 1 aromatic heterocycles. The van der Waals surface area contributed by atoms with Crippen LogP contribution in [0.15, 0.2) is 34.8 Å². The Morgan fingerprint density at radius 2 is 2.16 bits per heavy atom. The zero-order valence-corrected chi connectivity index (χ0v) is 12.8. The third-order valence-electron chi connectivity index (χ3n) is 3.28. The van der Waals surface area contributed by atoms with E-state index in [0.717, 1.165) is 28.6 Å². The number of hydrogen-bond acceptors (Lipinski definition) is 3. The average molecular weight is 323 g/mol. The Kier molecular flexibility index (Phi) is 4.74. The number of hydrazine groups is 1. The molecule has 19 heavy (non-hydrogen) atoms. The van der Waals surface area contributed by atoms with Crippen LogP contribution >= 0.6 is 15.9 Å². The number of aromatic nitrogens is 2. The van der Waals surface area contributed by atoms with E-state index in [1.807, 2.05) is 29.9 Å². The van der Waals surface area contributed by atoms with Crippen LogP contribution in [-0.2, 0) is 19.9 Å². The summed E-state index contributed by atoms with van der Waals surface area (Å²) in [5.74, 6) is 5.71. The standard InChI is InChI=1S/C14H19BrN4/c1-3-10-8-11(19(2)18-10)9-14(17-16)12-6-4-5-7-13(12)15/h4-8,14,17H,3,9,16H2,1-2H3. The third-order valence-corrected chi connectivity index (χ3v) is 4.01. The summed E-state index contributed by atoms with van der Waals surface area (Å²) in [4.78, 5) is 0. The molecule has 1 atom stereocenters. The fourth-order valence-electron chi connectivity index (χ4n) is 2.16. The minimum Gasteiger partial charge on any atom is -0.272 e. The van der Waals surface area contributed by atoms with E-state index >= 15 is 0 Å². The van der Waals surface area contributed by atoms with Crippen molar-refractivity contribution in [1.29, 1.82) is 0 Å². The second kappa shape index (κ2) is 6.32. The topological polar surface area (TPSA) is 55.9 Å². The number of hydrogen-bond donors (Lipinski definition) is 2. The quantitative estimate of drug-likeness (QED) is 0.657. The van der Waals surface area contributed by atoms with Gasteiger partial charge in [0, 0.05) is 23.6 Å². The zero-order valence-electron chi connectivity index (χ0n) is 11.2. The van der Waals surface area contributed by atoms with Gasteiger partial charge in [-0.1, -0.05) is 41.1 Å². The molecule has 0 aliphatic rings. The zero-order chi connectivity index (χ0) is 13.8. The molecule has 0 fully saturated rings. The molecule has 5 heteroatoms. The molecule has 0 aliphatic heterocycles. The number of nitrogens with one attached hydrogen (secondary N) is 1. The van der Waals surface area contributed by atoms with Crippen LogP contribution < -0.4 is 11.3 Å². The summed E-state index contributed by atoms with van der Waals surface area (Å²) < 4.78 is 3.00. The number of nitrogens with two attached hydrogens (primary N) is 1. The van der Waals surface area contributed by atoms with Gasteiger partial charge in [0.15, 0.2) is 0 Å². The van der Waals surface area contributed by atoms with Crippen LogP contribution in [-0.4, -0.2) is 9.78 Å². The maximum Gasteiger partial charge on any atom is 0.0624 e. The number of aryl methyl sites for hydroxylation is 2. The summed E-state index contributed by atoms with van der Waals surface area (Å²) in [6.07, 6.45) is 1.76. The third kappa shape index (κ3) is 3.23.